The van der Waals surface area contributed by atoms with E-state index in [4.69, 9.17) is 5.73 Å². The van der Waals surface area contributed by atoms with E-state index >= 15 is 0 Å². The zero-order valence-corrected chi connectivity index (χ0v) is 16.7. The minimum Gasteiger partial charge on any atom is -0.366 e. The second kappa shape index (κ2) is 7.20. The molecule has 0 saturated carbocycles. The van der Waals surface area contributed by atoms with Crippen molar-refractivity contribution in [2.24, 2.45) is 5.73 Å². The summed E-state index contributed by atoms with van der Waals surface area (Å²) < 4.78 is 2.27. The maximum Gasteiger partial charge on any atom is 0.249 e. The van der Waals surface area contributed by atoms with Crippen LogP contribution in [0.15, 0.2) is 84.9 Å². The van der Waals surface area contributed by atoms with Gasteiger partial charge in [0.15, 0.2) is 0 Å². The standard InChI is InChI=1S/C27H21N2O/c1-18-8-5-6-11-21(18)17-29-24-13-7-12-23(27(28)30)26(24)22-15-14-20(16-25(22)29)19-9-3-2-4-10-19/h2-14,16H,17H2,1H3,(H2,28,30). The largest absolute Gasteiger partial charge is 0.366 e. The summed E-state index contributed by atoms with van der Waals surface area (Å²) in [6.45, 7) is 2.83. The van der Waals surface area contributed by atoms with Gasteiger partial charge in [0.1, 0.15) is 0 Å². The van der Waals surface area contributed by atoms with Gasteiger partial charge in [-0.1, -0.05) is 60.7 Å². The molecule has 0 aliphatic heterocycles. The van der Waals surface area contributed by atoms with Crippen molar-refractivity contribution in [3.05, 3.63) is 108 Å². The maximum atomic E-state index is 12.2. The molecule has 3 heteroatoms. The molecule has 0 aliphatic rings. The molecule has 1 heterocycles. The maximum absolute atomic E-state index is 12.2. The summed E-state index contributed by atoms with van der Waals surface area (Å²) in [5.41, 5.74) is 13.0. The molecular weight excluding hydrogens is 368 g/mol. The van der Waals surface area contributed by atoms with Crippen molar-refractivity contribution in [2.75, 3.05) is 0 Å². The van der Waals surface area contributed by atoms with Crippen molar-refractivity contribution in [3.63, 3.8) is 0 Å². The number of aryl methyl sites for hydroxylation is 1. The Morgan fingerprint density at radius 2 is 1.67 bits per heavy atom. The first-order chi connectivity index (χ1) is 14.6. The predicted octanol–water partition coefficient (Wildman–Crippen LogP) is 5.72. The van der Waals surface area contributed by atoms with E-state index in [-0.39, 0.29) is 0 Å². The number of nitrogens with two attached hydrogens (primary N) is 1. The molecule has 30 heavy (non-hydrogen) atoms. The summed E-state index contributed by atoms with van der Waals surface area (Å²) in [4.78, 5) is 12.2. The minimum atomic E-state index is -0.420. The van der Waals surface area contributed by atoms with Crippen molar-refractivity contribution in [2.45, 2.75) is 13.5 Å². The Kier molecular flexibility index (Phi) is 4.36. The van der Waals surface area contributed by atoms with Crippen LogP contribution in [0.3, 0.4) is 0 Å². The summed E-state index contributed by atoms with van der Waals surface area (Å²) in [6.07, 6.45) is 0. The van der Waals surface area contributed by atoms with E-state index in [1.165, 1.54) is 11.1 Å². The van der Waals surface area contributed by atoms with Gasteiger partial charge < -0.3 is 10.3 Å². The molecule has 0 spiro atoms. The van der Waals surface area contributed by atoms with E-state index < -0.39 is 5.91 Å². The van der Waals surface area contributed by atoms with Crippen molar-refractivity contribution in [1.82, 2.24) is 4.57 Å². The average Bonchev–Trinajstić information content (AvgIpc) is 3.09. The first-order valence-corrected chi connectivity index (χ1v) is 10.00. The highest BCUT2D eigenvalue weighted by molar-refractivity contribution is 6.18. The first kappa shape index (κ1) is 18.2. The Bertz CT molecular complexity index is 1400. The number of hydrogen-bond acceptors (Lipinski definition) is 1. The predicted molar refractivity (Wildman–Crippen MR) is 123 cm³/mol. The third-order valence-corrected chi connectivity index (χ3v) is 5.76. The minimum absolute atomic E-state index is 0.420. The number of rotatable bonds is 4. The molecule has 3 nitrogen and oxygen atoms in total. The number of fused-ring (bicyclic) bond motifs is 3. The van der Waals surface area contributed by atoms with E-state index in [1.807, 2.05) is 30.3 Å². The van der Waals surface area contributed by atoms with E-state index in [9.17, 15) is 4.79 Å². The van der Waals surface area contributed by atoms with Gasteiger partial charge in [-0.25, -0.2) is 0 Å². The molecule has 4 aromatic carbocycles. The number of hydrogen-bond donors (Lipinski definition) is 1. The van der Waals surface area contributed by atoms with Crippen LogP contribution in [0.25, 0.3) is 32.9 Å². The second-order valence-electron chi connectivity index (χ2n) is 7.59. The van der Waals surface area contributed by atoms with Gasteiger partial charge in [0.25, 0.3) is 0 Å². The smallest absolute Gasteiger partial charge is 0.249 e. The SMILES string of the molecule is Cc1ccccc1Cn1c2cc(-c3ccccc3)c[c]c2c2c(C(N)=O)cccc21. The third kappa shape index (κ3) is 2.96. The molecule has 0 atom stereocenters. The van der Waals surface area contributed by atoms with Gasteiger partial charge >= 0.3 is 0 Å². The lowest BCUT2D eigenvalue weighted by Gasteiger charge is -2.11. The lowest BCUT2D eigenvalue weighted by molar-refractivity contribution is 0.100. The molecule has 1 radical (unpaired) electrons. The average molecular weight is 389 g/mol. The highest BCUT2D eigenvalue weighted by Gasteiger charge is 2.17. The van der Waals surface area contributed by atoms with Crippen LogP contribution in [0.5, 0.6) is 0 Å². The van der Waals surface area contributed by atoms with Crippen molar-refractivity contribution < 1.29 is 4.79 Å². The zero-order valence-electron chi connectivity index (χ0n) is 16.7. The number of carbonyl (C=O) groups excluding carboxylic acids is 1. The van der Waals surface area contributed by atoms with E-state index in [2.05, 4.69) is 66.1 Å². The Balaban J connectivity index is 1.83. The lowest BCUT2D eigenvalue weighted by Crippen LogP contribution is -2.11. The van der Waals surface area contributed by atoms with Crippen LogP contribution in [0.1, 0.15) is 21.5 Å². The van der Waals surface area contributed by atoms with Gasteiger partial charge in [-0.05, 0) is 59.5 Å². The van der Waals surface area contributed by atoms with Crippen molar-refractivity contribution >= 4 is 27.7 Å². The molecule has 0 aliphatic carbocycles. The molecule has 0 fully saturated rings. The summed E-state index contributed by atoms with van der Waals surface area (Å²) in [5.74, 6) is -0.420. The van der Waals surface area contributed by atoms with Crippen molar-refractivity contribution in [3.8, 4) is 11.1 Å². The molecule has 0 unspecified atom stereocenters. The molecule has 2 N–H and O–H groups in total. The van der Waals surface area contributed by atoms with Gasteiger partial charge in [0.2, 0.25) is 5.91 Å². The summed E-state index contributed by atoms with van der Waals surface area (Å²) in [7, 11) is 0. The monoisotopic (exact) mass is 389 g/mol. The Hall–Kier alpha value is -3.85. The molecular formula is C27H21N2O. The molecule has 0 bridgehead atoms. The van der Waals surface area contributed by atoms with Crippen molar-refractivity contribution in [1.29, 1.82) is 0 Å². The number of benzene rings is 4. The van der Waals surface area contributed by atoms with E-state index in [0.29, 0.717) is 12.1 Å². The third-order valence-electron chi connectivity index (χ3n) is 5.76. The van der Waals surface area contributed by atoms with E-state index in [0.717, 1.165) is 32.9 Å². The summed E-state index contributed by atoms with van der Waals surface area (Å²) >= 11 is 0. The van der Waals surface area contributed by atoms with Crippen LogP contribution in [-0.4, -0.2) is 10.5 Å². The van der Waals surface area contributed by atoms with Crippen LogP contribution in [0.4, 0.5) is 0 Å². The summed E-state index contributed by atoms with van der Waals surface area (Å²) in [5, 5.41) is 1.79. The summed E-state index contributed by atoms with van der Waals surface area (Å²) in [6, 6.07) is 32.0. The number of carbonyl (C=O) groups is 1. The Morgan fingerprint density at radius 1 is 0.900 bits per heavy atom. The van der Waals surface area contributed by atoms with Crippen LogP contribution < -0.4 is 5.73 Å². The second-order valence-corrected chi connectivity index (χ2v) is 7.59. The molecule has 1 amide bonds. The molecule has 145 valence electrons. The van der Waals surface area contributed by atoms with Gasteiger partial charge in [0.05, 0.1) is 11.0 Å². The molecule has 1 aromatic heterocycles. The Morgan fingerprint density at radius 3 is 2.43 bits per heavy atom. The molecule has 0 saturated heterocycles. The van der Waals surface area contributed by atoms with Gasteiger partial charge in [0, 0.05) is 22.9 Å². The number of amides is 1. The molecule has 5 rings (SSSR count). The quantitative estimate of drug-likeness (QED) is 0.420. The Labute approximate surface area is 175 Å². The van der Waals surface area contributed by atoms with Gasteiger partial charge in [-0.15, -0.1) is 0 Å². The zero-order chi connectivity index (χ0) is 20.7. The number of nitrogens with zero attached hydrogens (tertiary/aromatic N) is 1. The van der Waals surface area contributed by atoms with Gasteiger partial charge in [-0.2, -0.15) is 0 Å². The highest BCUT2D eigenvalue weighted by atomic mass is 16.1. The van der Waals surface area contributed by atoms with Gasteiger partial charge in [-0.3, -0.25) is 4.79 Å². The molecule has 5 aromatic rings. The lowest BCUT2D eigenvalue weighted by atomic mass is 10.0. The van der Waals surface area contributed by atoms with E-state index in [1.54, 1.807) is 6.07 Å². The van der Waals surface area contributed by atoms with Crippen LogP contribution in [0, 0.1) is 13.0 Å². The number of aromatic nitrogens is 1. The fourth-order valence-electron chi connectivity index (χ4n) is 4.19. The topological polar surface area (TPSA) is 48.0 Å². The fourth-order valence-corrected chi connectivity index (χ4v) is 4.19. The highest BCUT2D eigenvalue weighted by Crippen LogP contribution is 2.34. The first-order valence-electron chi connectivity index (χ1n) is 10.00. The van der Waals surface area contributed by atoms with Crippen LogP contribution in [0.2, 0.25) is 0 Å². The fraction of sp³-hybridized carbons (Fsp3) is 0.0741. The number of primary amides is 1. The van der Waals surface area contributed by atoms with Crippen LogP contribution >= 0.6 is 0 Å². The normalized spacial score (nSPS) is 11.2. The van der Waals surface area contributed by atoms with Crippen LogP contribution in [-0.2, 0) is 6.54 Å².